The van der Waals surface area contributed by atoms with Crippen molar-refractivity contribution in [2.75, 3.05) is 0 Å². The molecule has 0 radical (unpaired) electrons. The largest absolute Gasteiger partial charge is 0.344 e. The molecule has 0 bridgehead atoms. The first kappa shape index (κ1) is 15.2. The number of rotatable bonds is 4. The van der Waals surface area contributed by atoms with Crippen molar-refractivity contribution in [1.29, 1.82) is 0 Å². The predicted molar refractivity (Wildman–Crippen MR) is 83.5 cm³/mol. The van der Waals surface area contributed by atoms with E-state index in [1.165, 1.54) is 12.1 Å². The van der Waals surface area contributed by atoms with E-state index in [1.807, 2.05) is 31.4 Å². The molecule has 0 aliphatic rings. The molecule has 1 aromatic heterocycles. The highest BCUT2D eigenvalue weighted by Gasteiger charge is 2.21. The van der Waals surface area contributed by atoms with Crippen molar-refractivity contribution < 1.29 is 9.18 Å². The molecule has 0 fully saturated rings. The fourth-order valence-electron chi connectivity index (χ4n) is 1.93. The summed E-state index contributed by atoms with van der Waals surface area (Å²) < 4.78 is 14.4. The number of amides is 1. The van der Waals surface area contributed by atoms with E-state index in [-0.39, 0.29) is 23.4 Å². The number of benzene rings is 1. The molecule has 1 amide bonds. The lowest BCUT2D eigenvalue weighted by Gasteiger charge is -2.21. The van der Waals surface area contributed by atoms with Gasteiger partial charge in [-0.15, -0.1) is 11.3 Å². The van der Waals surface area contributed by atoms with Gasteiger partial charge in [0, 0.05) is 9.35 Å². The molecule has 1 unspecified atom stereocenters. The Hall–Kier alpha value is -1.20. The number of thiophene rings is 1. The smallest absolute Gasteiger partial charge is 0.254 e. The van der Waals surface area contributed by atoms with Gasteiger partial charge in [-0.3, -0.25) is 4.79 Å². The van der Waals surface area contributed by atoms with Crippen LogP contribution in [0.5, 0.6) is 0 Å². The summed E-state index contributed by atoms with van der Waals surface area (Å²) in [5.74, 6) is -0.677. The van der Waals surface area contributed by atoms with Crippen molar-refractivity contribution in [3.63, 3.8) is 0 Å². The SMILES string of the molecule is CC(C)C(NC(=O)c1ccc(Br)cc1F)c1cccs1. The number of halogens is 2. The quantitative estimate of drug-likeness (QED) is 0.840. The average molecular weight is 356 g/mol. The van der Waals surface area contributed by atoms with E-state index in [0.29, 0.717) is 4.47 Å². The molecule has 2 rings (SSSR count). The second-order valence-electron chi connectivity index (χ2n) is 4.83. The molecule has 1 N–H and O–H groups in total. The van der Waals surface area contributed by atoms with Gasteiger partial charge in [-0.05, 0) is 35.6 Å². The average Bonchev–Trinajstić information content (AvgIpc) is 2.88. The number of nitrogens with one attached hydrogen (secondary N) is 1. The summed E-state index contributed by atoms with van der Waals surface area (Å²) in [7, 11) is 0. The monoisotopic (exact) mass is 355 g/mol. The summed E-state index contributed by atoms with van der Waals surface area (Å²) in [4.78, 5) is 13.3. The first-order valence-electron chi connectivity index (χ1n) is 6.28. The Balaban J connectivity index is 2.21. The normalized spacial score (nSPS) is 12.4. The molecule has 20 heavy (non-hydrogen) atoms. The van der Waals surface area contributed by atoms with E-state index in [2.05, 4.69) is 21.2 Å². The Kier molecular flexibility index (Phi) is 4.94. The lowest BCUT2D eigenvalue weighted by atomic mass is 10.0. The molecule has 0 saturated carbocycles. The molecular formula is C15H15BrFNOS. The molecule has 1 aromatic carbocycles. The van der Waals surface area contributed by atoms with Crippen molar-refractivity contribution >= 4 is 33.2 Å². The van der Waals surface area contributed by atoms with Gasteiger partial charge in [-0.1, -0.05) is 35.8 Å². The van der Waals surface area contributed by atoms with Gasteiger partial charge in [0.25, 0.3) is 5.91 Å². The van der Waals surface area contributed by atoms with Crippen LogP contribution in [0.4, 0.5) is 4.39 Å². The van der Waals surface area contributed by atoms with Crippen LogP contribution in [0, 0.1) is 11.7 Å². The summed E-state index contributed by atoms with van der Waals surface area (Å²) >= 11 is 4.77. The minimum absolute atomic E-state index is 0.0652. The molecule has 1 heterocycles. The van der Waals surface area contributed by atoms with Crippen molar-refractivity contribution in [2.45, 2.75) is 19.9 Å². The van der Waals surface area contributed by atoms with Gasteiger partial charge in [0.05, 0.1) is 11.6 Å². The number of hydrogen-bond donors (Lipinski definition) is 1. The molecular weight excluding hydrogens is 341 g/mol. The Morgan fingerprint density at radius 2 is 2.10 bits per heavy atom. The zero-order chi connectivity index (χ0) is 14.7. The summed E-state index contributed by atoms with van der Waals surface area (Å²) in [5, 5.41) is 4.88. The number of carbonyl (C=O) groups is 1. The number of hydrogen-bond acceptors (Lipinski definition) is 2. The third kappa shape index (κ3) is 3.46. The summed E-state index contributed by atoms with van der Waals surface area (Å²) in [6.07, 6.45) is 0. The second-order valence-corrected chi connectivity index (χ2v) is 6.73. The minimum Gasteiger partial charge on any atom is -0.344 e. The zero-order valence-corrected chi connectivity index (χ0v) is 13.6. The zero-order valence-electron chi connectivity index (χ0n) is 11.2. The predicted octanol–water partition coefficient (Wildman–Crippen LogP) is 4.78. The maximum Gasteiger partial charge on any atom is 0.254 e. The van der Waals surface area contributed by atoms with Gasteiger partial charge in [0.15, 0.2) is 0 Å². The Labute approximate surface area is 130 Å². The third-order valence-electron chi connectivity index (χ3n) is 2.98. The van der Waals surface area contributed by atoms with Crippen LogP contribution in [0.1, 0.15) is 35.1 Å². The van der Waals surface area contributed by atoms with E-state index >= 15 is 0 Å². The van der Waals surface area contributed by atoms with Gasteiger partial charge in [0.1, 0.15) is 5.82 Å². The van der Waals surface area contributed by atoms with E-state index in [9.17, 15) is 9.18 Å². The molecule has 0 spiro atoms. The fourth-order valence-corrected chi connectivity index (χ4v) is 3.21. The lowest BCUT2D eigenvalue weighted by Crippen LogP contribution is -2.31. The Morgan fingerprint density at radius 1 is 1.35 bits per heavy atom. The molecule has 1 atom stereocenters. The highest BCUT2D eigenvalue weighted by molar-refractivity contribution is 9.10. The minimum atomic E-state index is -0.523. The van der Waals surface area contributed by atoms with Crippen LogP contribution in [-0.4, -0.2) is 5.91 Å². The van der Waals surface area contributed by atoms with E-state index in [4.69, 9.17) is 0 Å². The summed E-state index contributed by atoms with van der Waals surface area (Å²) in [6.45, 7) is 4.06. The second kappa shape index (κ2) is 6.50. The molecule has 5 heteroatoms. The molecule has 0 saturated heterocycles. The van der Waals surface area contributed by atoms with Crippen LogP contribution in [0.3, 0.4) is 0 Å². The van der Waals surface area contributed by atoms with Gasteiger partial charge in [0.2, 0.25) is 0 Å². The maximum absolute atomic E-state index is 13.8. The maximum atomic E-state index is 13.8. The van der Waals surface area contributed by atoms with Crippen molar-refractivity contribution in [2.24, 2.45) is 5.92 Å². The topological polar surface area (TPSA) is 29.1 Å². The summed E-state index contributed by atoms with van der Waals surface area (Å²) in [6, 6.07) is 8.26. The van der Waals surface area contributed by atoms with Crippen molar-refractivity contribution in [1.82, 2.24) is 5.32 Å². The van der Waals surface area contributed by atoms with Gasteiger partial charge < -0.3 is 5.32 Å². The van der Waals surface area contributed by atoms with Gasteiger partial charge >= 0.3 is 0 Å². The Bertz CT molecular complexity index is 598. The van der Waals surface area contributed by atoms with Crippen LogP contribution < -0.4 is 5.32 Å². The standard InChI is InChI=1S/C15H15BrFNOS/c1-9(2)14(13-4-3-7-20-13)18-15(19)11-6-5-10(16)8-12(11)17/h3-9,14H,1-2H3,(H,18,19). The van der Waals surface area contributed by atoms with E-state index in [1.54, 1.807) is 17.4 Å². The van der Waals surface area contributed by atoms with Crippen LogP contribution in [0.15, 0.2) is 40.2 Å². The summed E-state index contributed by atoms with van der Waals surface area (Å²) in [5.41, 5.74) is 0.0652. The molecule has 2 aromatic rings. The molecule has 106 valence electrons. The highest BCUT2D eigenvalue weighted by atomic mass is 79.9. The van der Waals surface area contributed by atoms with Gasteiger partial charge in [-0.25, -0.2) is 4.39 Å². The fraction of sp³-hybridized carbons (Fsp3) is 0.267. The first-order chi connectivity index (χ1) is 9.49. The van der Waals surface area contributed by atoms with Crippen LogP contribution in [-0.2, 0) is 0 Å². The van der Waals surface area contributed by atoms with E-state index < -0.39 is 5.82 Å². The van der Waals surface area contributed by atoms with Crippen LogP contribution in [0.2, 0.25) is 0 Å². The van der Waals surface area contributed by atoms with E-state index in [0.717, 1.165) is 4.88 Å². The highest BCUT2D eigenvalue weighted by Crippen LogP contribution is 2.26. The first-order valence-corrected chi connectivity index (χ1v) is 7.95. The van der Waals surface area contributed by atoms with Crippen LogP contribution in [0.25, 0.3) is 0 Å². The Morgan fingerprint density at radius 3 is 2.65 bits per heavy atom. The molecule has 2 nitrogen and oxygen atoms in total. The van der Waals surface area contributed by atoms with Crippen molar-refractivity contribution in [3.8, 4) is 0 Å². The molecule has 0 aliphatic carbocycles. The number of carbonyl (C=O) groups excluding carboxylic acids is 1. The van der Waals surface area contributed by atoms with Gasteiger partial charge in [-0.2, -0.15) is 0 Å². The lowest BCUT2D eigenvalue weighted by molar-refractivity contribution is 0.0922. The third-order valence-corrected chi connectivity index (χ3v) is 4.43. The van der Waals surface area contributed by atoms with Crippen molar-refractivity contribution in [3.05, 3.63) is 56.4 Å². The molecule has 0 aliphatic heterocycles. The van der Waals surface area contributed by atoms with Crippen LogP contribution >= 0.6 is 27.3 Å².